The summed E-state index contributed by atoms with van der Waals surface area (Å²) in [7, 11) is 1.68. The SMILES string of the molecule is CNC(=O)CC(c1ncc(C(C)C)s1)C(C)C. The van der Waals surface area contributed by atoms with Crippen LogP contribution in [0.3, 0.4) is 0 Å². The molecule has 0 aliphatic rings. The minimum absolute atomic E-state index is 0.0880. The van der Waals surface area contributed by atoms with Crippen molar-refractivity contribution in [2.75, 3.05) is 7.05 Å². The Balaban J connectivity index is 2.86. The van der Waals surface area contributed by atoms with Gasteiger partial charge in [0.05, 0.1) is 5.01 Å². The van der Waals surface area contributed by atoms with Crippen LogP contribution in [0.2, 0.25) is 0 Å². The average Bonchev–Trinajstić information content (AvgIpc) is 2.74. The Morgan fingerprint density at radius 1 is 1.41 bits per heavy atom. The Hall–Kier alpha value is -0.900. The van der Waals surface area contributed by atoms with E-state index in [4.69, 9.17) is 0 Å². The second-order valence-corrected chi connectivity index (χ2v) is 6.08. The van der Waals surface area contributed by atoms with E-state index < -0.39 is 0 Å². The summed E-state index contributed by atoms with van der Waals surface area (Å²) in [5, 5.41) is 3.78. The van der Waals surface area contributed by atoms with Crippen molar-refractivity contribution in [1.82, 2.24) is 10.3 Å². The van der Waals surface area contributed by atoms with E-state index in [0.29, 0.717) is 18.3 Å². The number of amides is 1. The first kappa shape index (κ1) is 14.2. The lowest BCUT2D eigenvalue weighted by Crippen LogP contribution is -2.22. The molecule has 1 heterocycles. The second kappa shape index (κ2) is 6.15. The number of nitrogens with zero attached hydrogens (tertiary/aromatic N) is 1. The maximum Gasteiger partial charge on any atom is 0.220 e. The van der Waals surface area contributed by atoms with Crippen molar-refractivity contribution in [2.45, 2.75) is 46.0 Å². The van der Waals surface area contributed by atoms with Gasteiger partial charge in [0.25, 0.3) is 0 Å². The molecular weight excluding hydrogens is 232 g/mol. The summed E-state index contributed by atoms with van der Waals surface area (Å²) >= 11 is 1.74. The lowest BCUT2D eigenvalue weighted by atomic mass is 9.93. The minimum Gasteiger partial charge on any atom is -0.359 e. The van der Waals surface area contributed by atoms with E-state index in [0.717, 1.165) is 5.01 Å². The first-order valence-electron chi connectivity index (χ1n) is 6.11. The first-order chi connectivity index (χ1) is 7.95. The van der Waals surface area contributed by atoms with Gasteiger partial charge in [-0.05, 0) is 11.8 Å². The second-order valence-electron chi connectivity index (χ2n) is 4.98. The van der Waals surface area contributed by atoms with Crippen LogP contribution in [0.5, 0.6) is 0 Å². The van der Waals surface area contributed by atoms with Gasteiger partial charge in [-0.3, -0.25) is 4.79 Å². The van der Waals surface area contributed by atoms with E-state index in [2.05, 4.69) is 38.0 Å². The highest BCUT2D eigenvalue weighted by Gasteiger charge is 2.22. The zero-order chi connectivity index (χ0) is 13.0. The predicted octanol–water partition coefficient (Wildman–Crippen LogP) is 3.14. The van der Waals surface area contributed by atoms with Crippen molar-refractivity contribution in [3.63, 3.8) is 0 Å². The van der Waals surface area contributed by atoms with Crippen LogP contribution in [0.25, 0.3) is 0 Å². The smallest absolute Gasteiger partial charge is 0.220 e. The zero-order valence-corrected chi connectivity index (χ0v) is 12.1. The van der Waals surface area contributed by atoms with Crippen LogP contribution in [0.4, 0.5) is 0 Å². The molecule has 0 aromatic carbocycles. The molecule has 0 aliphatic carbocycles. The molecule has 0 bridgehead atoms. The number of carbonyl (C=O) groups excluding carboxylic acids is 1. The van der Waals surface area contributed by atoms with Crippen molar-refractivity contribution in [3.05, 3.63) is 16.1 Å². The Morgan fingerprint density at radius 3 is 2.47 bits per heavy atom. The van der Waals surface area contributed by atoms with Crippen molar-refractivity contribution in [1.29, 1.82) is 0 Å². The molecule has 0 radical (unpaired) electrons. The van der Waals surface area contributed by atoms with Gasteiger partial charge in [-0.25, -0.2) is 4.98 Å². The highest BCUT2D eigenvalue weighted by Crippen LogP contribution is 2.33. The number of aromatic nitrogens is 1. The van der Waals surface area contributed by atoms with Crippen LogP contribution in [0.1, 0.15) is 55.8 Å². The lowest BCUT2D eigenvalue weighted by molar-refractivity contribution is -0.121. The van der Waals surface area contributed by atoms with Crippen LogP contribution in [0.15, 0.2) is 6.20 Å². The number of thiazole rings is 1. The molecule has 96 valence electrons. The van der Waals surface area contributed by atoms with Gasteiger partial charge in [0.15, 0.2) is 0 Å². The summed E-state index contributed by atoms with van der Waals surface area (Å²) in [4.78, 5) is 17.3. The molecule has 17 heavy (non-hydrogen) atoms. The fraction of sp³-hybridized carbons (Fsp3) is 0.692. The molecule has 4 heteroatoms. The van der Waals surface area contributed by atoms with E-state index >= 15 is 0 Å². The minimum atomic E-state index is 0.0880. The van der Waals surface area contributed by atoms with E-state index in [1.165, 1.54) is 4.88 Å². The van der Waals surface area contributed by atoms with Crippen LogP contribution in [0, 0.1) is 5.92 Å². The Labute approximate surface area is 108 Å². The van der Waals surface area contributed by atoms with Crippen LogP contribution >= 0.6 is 11.3 Å². The third-order valence-electron chi connectivity index (χ3n) is 2.92. The quantitative estimate of drug-likeness (QED) is 0.877. The summed E-state index contributed by atoms with van der Waals surface area (Å²) in [5.74, 6) is 1.25. The molecule has 0 saturated heterocycles. The fourth-order valence-corrected chi connectivity index (χ4v) is 2.84. The summed E-state index contributed by atoms with van der Waals surface area (Å²) in [6.07, 6.45) is 2.48. The molecule has 1 atom stereocenters. The zero-order valence-electron chi connectivity index (χ0n) is 11.3. The largest absolute Gasteiger partial charge is 0.359 e. The van der Waals surface area contributed by atoms with Crippen molar-refractivity contribution < 1.29 is 4.79 Å². The van der Waals surface area contributed by atoms with Crippen molar-refractivity contribution in [2.24, 2.45) is 5.92 Å². The van der Waals surface area contributed by atoms with Crippen LogP contribution < -0.4 is 5.32 Å². The average molecular weight is 254 g/mol. The Kier molecular flexibility index (Phi) is 5.12. The van der Waals surface area contributed by atoms with Crippen LogP contribution in [-0.4, -0.2) is 17.9 Å². The molecule has 3 nitrogen and oxygen atoms in total. The standard InChI is InChI=1S/C13H22N2OS/c1-8(2)10(6-12(16)14-5)13-15-7-11(17-13)9(3)4/h7-10H,6H2,1-5H3,(H,14,16). The third kappa shape index (κ3) is 3.80. The van der Waals surface area contributed by atoms with E-state index in [-0.39, 0.29) is 11.8 Å². The van der Waals surface area contributed by atoms with Gasteiger partial charge >= 0.3 is 0 Å². The number of rotatable bonds is 5. The maximum absolute atomic E-state index is 11.5. The normalized spacial score (nSPS) is 13.1. The van der Waals surface area contributed by atoms with Gasteiger partial charge in [0.1, 0.15) is 0 Å². The van der Waals surface area contributed by atoms with Gasteiger partial charge in [0, 0.05) is 30.5 Å². The van der Waals surface area contributed by atoms with E-state index in [9.17, 15) is 4.79 Å². The molecule has 1 aromatic heterocycles. The first-order valence-corrected chi connectivity index (χ1v) is 6.93. The van der Waals surface area contributed by atoms with E-state index in [1.807, 2.05) is 6.20 Å². The molecule has 0 spiro atoms. The number of carbonyl (C=O) groups is 1. The number of hydrogen-bond acceptors (Lipinski definition) is 3. The van der Waals surface area contributed by atoms with Gasteiger partial charge in [0.2, 0.25) is 5.91 Å². The van der Waals surface area contributed by atoms with E-state index in [1.54, 1.807) is 18.4 Å². The van der Waals surface area contributed by atoms with Gasteiger partial charge in [-0.1, -0.05) is 27.7 Å². The molecule has 1 unspecified atom stereocenters. The summed E-state index contributed by atoms with van der Waals surface area (Å²) in [6, 6.07) is 0. The summed E-state index contributed by atoms with van der Waals surface area (Å²) < 4.78 is 0. The highest BCUT2D eigenvalue weighted by molar-refractivity contribution is 7.11. The van der Waals surface area contributed by atoms with Gasteiger partial charge in [-0.2, -0.15) is 0 Å². The topological polar surface area (TPSA) is 42.0 Å². The maximum atomic E-state index is 11.5. The molecule has 1 aromatic rings. The Bertz CT molecular complexity index is 371. The lowest BCUT2D eigenvalue weighted by Gasteiger charge is -2.17. The molecule has 1 rings (SSSR count). The summed E-state index contributed by atoms with van der Waals surface area (Å²) in [6.45, 7) is 8.62. The summed E-state index contributed by atoms with van der Waals surface area (Å²) in [5.41, 5.74) is 0. The molecule has 1 N–H and O–H groups in total. The predicted molar refractivity (Wildman–Crippen MR) is 72.5 cm³/mol. The molecule has 0 fully saturated rings. The van der Waals surface area contributed by atoms with Crippen molar-refractivity contribution >= 4 is 17.2 Å². The highest BCUT2D eigenvalue weighted by atomic mass is 32.1. The molecule has 1 amide bonds. The molecule has 0 aliphatic heterocycles. The third-order valence-corrected chi connectivity index (χ3v) is 4.35. The number of hydrogen-bond donors (Lipinski definition) is 1. The van der Waals surface area contributed by atoms with Gasteiger partial charge < -0.3 is 5.32 Å². The molecular formula is C13H22N2OS. The van der Waals surface area contributed by atoms with Crippen LogP contribution in [-0.2, 0) is 4.79 Å². The number of nitrogens with one attached hydrogen (secondary N) is 1. The molecule has 0 saturated carbocycles. The van der Waals surface area contributed by atoms with Crippen molar-refractivity contribution in [3.8, 4) is 0 Å². The monoisotopic (exact) mass is 254 g/mol. The fourth-order valence-electron chi connectivity index (χ4n) is 1.65. The van der Waals surface area contributed by atoms with Gasteiger partial charge in [-0.15, -0.1) is 11.3 Å². The Morgan fingerprint density at radius 2 is 2.06 bits per heavy atom.